The van der Waals surface area contributed by atoms with Gasteiger partial charge in [0.15, 0.2) is 0 Å². The lowest BCUT2D eigenvalue weighted by atomic mass is 10.0. The number of nitrogens with one attached hydrogen (secondary N) is 1. The lowest BCUT2D eigenvalue weighted by Crippen LogP contribution is -2.28. The van der Waals surface area contributed by atoms with Crippen LogP contribution in [-0.4, -0.2) is 38.2 Å². The van der Waals surface area contributed by atoms with Crippen LogP contribution in [0.5, 0.6) is 5.75 Å². The molecule has 1 aromatic rings. The van der Waals surface area contributed by atoms with Crippen molar-refractivity contribution in [3.8, 4) is 5.75 Å². The van der Waals surface area contributed by atoms with Gasteiger partial charge in [-0.15, -0.1) is 0 Å². The fourth-order valence-corrected chi connectivity index (χ4v) is 4.21. The summed E-state index contributed by atoms with van der Waals surface area (Å²) in [5.74, 6) is 2.77. The van der Waals surface area contributed by atoms with E-state index in [0.717, 1.165) is 17.6 Å². The van der Waals surface area contributed by atoms with Crippen LogP contribution < -0.4 is 10.1 Å². The van der Waals surface area contributed by atoms with Gasteiger partial charge in [0.1, 0.15) is 5.75 Å². The van der Waals surface area contributed by atoms with E-state index in [4.69, 9.17) is 4.74 Å². The number of nitrogens with zero attached hydrogens (tertiary/aromatic N) is 1. The first-order chi connectivity index (χ1) is 9.35. The second kappa shape index (κ2) is 4.50. The zero-order valence-corrected chi connectivity index (χ0v) is 11.6. The van der Waals surface area contributed by atoms with Gasteiger partial charge in [0.05, 0.1) is 7.11 Å². The maximum absolute atomic E-state index is 5.40. The van der Waals surface area contributed by atoms with E-state index >= 15 is 0 Å². The number of benzene rings is 1. The number of methoxy groups -OCH3 is 1. The van der Waals surface area contributed by atoms with Crippen LogP contribution in [0.1, 0.15) is 23.6 Å². The summed E-state index contributed by atoms with van der Waals surface area (Å²) in [6.45, 7) is 5.00. The summed E-state index contributed by atoms with van der Waals surface area (Å²) in [6.07, 6.45) is 2.52. The third-order valence-electron chi connectivity index (χ3n) is 5.26. The molecule has 1 aliphatic carbocycles. The van der Waals surface area contributed by atoms with E-state index in [9.17, 15) is 0 Å². The molecule has 19 heavy (non-hydrogen) atoms. The van der Waals surface area contributed by atoms with Crippen molar-refractivity contribution in [1.29, 1.82) is 0 Å². The lowest BCUT2D eigenvalue weighted by Gasteiger charge is -2.26. The van der Waals surface area contributed by atoms with Gasteiger partial charge in [0, 0.05) is 19.1 Å². The van der Waals surface area contributed by atoms with Crippen LogP contribution in [0.2, 0.25) is 0 Å². The summed E-state index contributed by atoms with van der Waals surface area (Å²) in [5, 5.41) is 3.53. The summed E-state index contributed by atoms with van der Waals surface area (Å²) in [6, 6.07) is 7.26. The average Bonchev–Trinajstić information content (AvgIpc) is 3.10. The van der Waals surface area contributed by atoms with Gasteiger partial charge in [-0.1, -0.05) is 6.07 Å². The molecule has 0 saturated carbocycles. The number of rotatable bonds is 2. The normalized spacial score (nSPS) is 33.4. The van der Waals surface area contributed by atoms with E-state index in [0.29, 0.717) is 6.04 Å². The average molecular weight is 258 g/mol. The van der Waals surface area contributed by atoms with E-state index in [1.807, 2.05) is 0 Å². The third kappa shape index (κ3) is 1.87. The van der Waals surface area contributed by atoms with Crippen LogP contribution in [0.15, 0.2) is 18.2 Å². The van der Waals surface area contributed by atoms with E-state index in [-0.39, 0.29) is 0 Å². The van der Waals surface area contributed by atoms with Crippen molar-refractivity contribution in [2.45, 2.75) is 18.9 Å². The predicted octanol–water partition coefficient (Wildman–Crippen LogP) is 1.83. The Morgan fingerprint density at radius 1 is 1.21 bits per heavy atom. The van der Waals surface area contributed by atoms with Gasteiger partial charge >= 0.3 is 0 Å². The first-order valence-electron chi connectivity index (χ1n) is 7.46. The second-order valence-electron chi connectivity index (χ2n) is 6.25. The van der Waals surface area contributed by atoms with Crippen LogP contribution in [0.25, 0.3) is 0 Å². The maximum Gasteiger partial charge on any atom is 0.119 e. The molecule has 1 aromatic carbocycles. The van der Waals surface area contributed by atoms with Gasteiger partial charge in [-0.2, -0.15) is 0 Å². The molecule has 2 heterocycles. The molecule has 3 nitrogen and oxygen atoms in total. The number of likely N-dealkylation sites (tertiary alicyclic amines) is 1. The molecule has 0 amide bonds. The minimum Gasteiger partial charge on any atom is -0.497 e. The van der Waals surface area contributed by atoms with Gasteiger partial charge in [-0.3, -0.25) is 4.90 Å². The molecule has 102 valence electrons. The topological polar surface area (TPSA) is 24.5 Å². The van der Waals surface area contributed by atoms with Gasteiger partial charge in [-0.25, -0.2) is 0 Å². The second-order valence-corrected chi connectivity index (χ2v) is 6.25. The maximum atomic E-state index is 5.40. The molecule has 0 spiro atoms. The summed E-state index contributed by atoms with van der Waals surface area (Å²) < 4.78 is 5.40. The van der Waals surface area contributed by atoms with E-state index in [1.54, 1.807) is 7.11 Å². The van der Waals surface area contributed by atoms with Crippen LogP contribution in [0, 0.1) is 11.8 Å². The van der Waals surface area contributed by atoms with Crippen molar-refractivity contribution in [2.24, 2.45) is 11.8 Å². The first-order valence-corrected chi connectivity index (χ1v) is 7.46. The molecular formula is C16H22N2O. The van der Waals surface area contributed by atoms with Gasteiger partial charge in [0.2, 0.25) is 0 Å². The van der Waals surface area contributed by atoms with E-state index < -0.39 is 0 Å². The van der Waals surface area contributed by atoms with Gasteiger partial charge < -0.3 is 10.1 Å². The zero-order chi connectivity index (χ0) is 12.8. The summed E-state index contributed by atoms with van der Waals surface area (Å²) in [7, 11) is 1.76. The van der Waals surface area contributed by atoms with Crippen molar-refractivity contribution in [3.63, 3.8) is 0 Å². The number of aryl methyl sites for hydroxylation is 1. The first kappa shape index (κ1) is 11.7. The van der Waals surface area contributed by atoms with Crippen molar-refractivity contribution in [1.82, 2.24) is 10.2 Å². The minimum atomic E-state index is 0.635. The molecule has 4 rings (SSSR count). The summed E-state index contributed by atoms with van der Waals surface area (Å²) >= 11 is 0. The molecule has 0 aromatic heterocycles. The highest BCUT2D eigenvalue weighted by Crippen LogP contribution is 2.41. The molecule has 3 aliphatic rings. The Bertz CT molecular complexity index is 476. The quantitative estimate of drug-likeness (QED) is 0.876. The van der Waals surface area contributed by atoms with Crippen LogP contribution >= 0.6 is 0 Å². The number of hydrogen-bond acceptors (Lipinski definition) is 3. The smallest absolute Gasteiger partial charge is 0.119 e. The van der Waals surface area contributed by atoms with Crippen molar-refractivity contribution < 1.29 is 4.74 Å². The third-order valence-corrected chi connectivity index (χ3v) is 5.26. The van der Waals surface area contributed by atoms with Crippen LogP contribution in [0.3, 0.4) is 0 Å². The Hall–Kier alpha value is -1.06. The fourth-order valence-electron chi connectivity index (χ4n) is 4.21. The Balaban J connectivity index is 1.58. The highest BCUT2D eigenvalue weighted by molar-refractivity contribution is 5.41. The molecule has 1 N–H and O–H groups in total. The Labute approximate surface area is 114 Å². The highest BCUT2D eigenvalue weighted by atomic mass is 16.5. The largest absolute Gasteiger partial charge is 0.497 e. The molecule has 2 aliphatic heterocycles. The zero-order valence-electron chi connectivity index (χ0n) is 11.6. The van der Waals surface area contributed by atoms with Crippen molar-refractivity contribution in [3.05, 3.63) is 29.3 Å². The highest BCUT2D eigenvalue weighted by Gasteiger charge is 2.40. The Morgan fingerprint density at radius 3 is 2.74 bits per heavy atom. The molecule has 0 radical (unpaired) electrons. The minimum absolute atomic E-state index is 0.635. The Kier molecular flexibility index (Phi) is 2.78. The molecule has 0 bridgehead atoms. The van der Waals surface area contributed by atoms with Crippen molar-refractivity contribution >= 4 is 0 Å². The molecular weight excluding hydrogens is 236 g/mol. The number of fused-ring (bicyclic) bond motifs is 2. The van der Waals surface area contributed by atoms with E-state index in [2.05, 4.69) is 28.4 Å². The van der Waals surface area contributed by atoms with Crippen molar-refractivity contribution in [2.75, 3.05) is 33.3 Å². The number of ether oxygens (including phenoxy) is 1. The molecule has 3 heteroatoms. The molecule has 2 fully saturated rings. The Morgan fingerprint density at radius 2 is 2.00 bits per heavy atom. The number of hydrogen-bond donors (Lipinski definition) is 1. The molecule has 3 unspecified atom stereocenters. The van der Waals surface area contributed by atoms with Gasteiger partial charge in [0.25, 0.3) is 0 Å². The summed E-state index contributed by atoms with van der Waals surface area (Å²) in [5.41, 5.74) is 3.05. The summed E-state index contributed by atoms with van der Waals surface area (Å²) in [4.78, 5) is 2.72. The fraction of sp³-hybridized carbons (Fsp3) is 0.625. The predicted molar refractivity (Wildman–Crippen MR) is 75.5 cm³/mol. The van der Waals surface area contributed by atoms with Crippen LogP contribution in [-0.2, 0) is 6.42 Å². The molecule has 3 atom stereocenters. The lowest BCUT2D eigenvalue weighted by molar-refractivity contribution is 0.227. The monoisotopic (exact) mass is 258 g/mol. The van der Waals surface area contributed by atoms with E-state index in [1.165, 1.54) is 50.1 Å². The molecule has 2 saturated heterocycles. The van der Waals surface area contributed by atoms with Crippen LogP contribution in [0.4, 0.5) is 0 Å². The van der Waals surface area contributed by atoms with Gasteiger partial charge in [-0.05, 0) is 61.0 Å². The SMILES string of the molecule is COc1ccc2c(c1)C(N1CC3CNCC3C1)CC2. The standard InChI is InChI=1S/C16H22N2O/c1-19-14-4-2-11-3-5-16(15(11)6-14)18-9-12-7-17-8-13(12)10-18/h2,4,6,12-13,16-17H,3,5,7-10H2,1H3.